The summed E-state index contributed by atoms with van der Waals surface area (Å²) in [6.07, 6.45) is 0.477. The predicted octanol–water partition coefficient (Wildman–Crippen LogP) is 2.08. The van der Waals surface area contributed by atoms with Gasteiger partial charge in [-0.05, 0) is 25.2 Å². The monoisotopic (exact) mass is 258 g/mol. The lowest BCUT2D eigenvalue weighted by Crippen LogP contribution is -2.45. The number of hydrogen-bond acceptors (Lipinski definition) is 2. The molecule has 2 amide bonds. The summed E-state index contributed by atoms with van der Waals surface area (Å²) < 4.78 is 0. The minimum atomic E-state index is -0.902. The van der Waals surface area contributed by atoms with Crippen molar-refractivity contribution < 1.29 is 14.7 Å². The van der Waals surface area contributed by atoms with Gasteiger partial charge < -0.3 is 15.7 Å². The van der Waals surface area contributed by atoms with E-state index in [0.717, 1.165) is 0 Å². The molecule has 0 spiro atoms. The van der Waals surface area contributed by atoms with Gasteiger partial charge in [-0.1, -0.05) is 27.7 Å². The number of carboxylic acid groups (broad SMARTS) is 1. The zero-order valence-electron chi connectivity index (χ0n) is 12.0. The summed E-state index contributed by atoms with van der Waals surface area (Å²) >= 11 is 0. The highest BCUT2D eigenvalue weighted by molar-refractivity contribution is 5.77. The van der Waals surface area contributed by atoms with Crippen molar-refractivity contribution in [3.05, 3.63) is 0 Å². The second-order valence-electron chi connectivity index (χ2n) is 5.50. The molecule has 5 heteroatoms. The third-order valence-corrected chi connectivity index (χ3v) is 3.66. The Morgan fingerprint density at radius 1 is 1.22 bits per heavy atom. The van der Waals surface area contributed by atoms with Crippen molar-refractivity contribution in [1.82, 2.24) is 10.6 Å². The molecule has 2 unspecified atom stereocenters. The third kappa shape index (κ3) is 5.38. The van der Waals surface area contributed by atoms with Crippen LogP contribution >= 0.6 is 0 Å². The first-order valence-corrected chi connectivity index (χ1v) is 6.48. The van der Waals surface area contributed by atoms with Gasteiger partial charge in [0, 0.05) is 13.1 Å². The van der Waals surface area contributed by atoms with Gasteiger partial charge in [-0.3, -0.25) is 4.79 Å². The van der Waals surface area contributed by atoms with Crippen LogP contribution in [0.3, 0.4) is 0 Å². The summed E-state index contributed by atoms with van der Waals surface area (Å²) in [7, 11) is 0. The number of amides is 2. The van der Waals surface area contributed by atoms with Gasteiger partial charge in [0.25, 0.3) is 0 Å². The van der Waals surface area contributed by atoms with Crippen molar-refractivity contribution >= 4 is 12.0 Å². The predicted molar refractivity (Wildman–Crippen MR) is 71.4 cm³/mol. The molecule has 0 rings (SSSR count). The minimum Gasteiger partial charge on any atom is -0.481 e. The number of aliphatic carboxylic acids is 1. The summed E-state index contributed by atoms with van der Waals surface area (Å²) in [6, 6.07) is -0.302. The van der Waals surface area contributed by atoms with E-state index in [1.807, 2.05) is 0 Å². The molecule has 0 radical (unpaired) electrons. The summed E-state index contributed by atoms with van der Waals surface area (Å²) in [5.41, 5.74) is -0.902. The van der Waals surface area contributed by atoms with Crippen LogP contribution in [0.15, 0.2) is 0 Å². The largest absolute Gasteiger partial charge is 0.481 e. The second-order valence-corrected chi connectivity index (χ2v) is 5.50. The van der Waals surface area contributed by atoms with Gasteiger partial charge in [0.2, 0.25) is 0 Å². The molecule has 0 saturated heterocycles. The second kappa shape index (κ2) is 7.24. The molecule has 0 bridgehead atoms. The summed E-state index contributed by atoms with van der Waals surface area (Å²) in [5.74, 6) is 0.0128. The molecule has 0 aromatic carbocycles. The molecular formula is C13H26N2O3. The summed E-state index contributed by atoms with van der Waals surface area (Å²) in [5, 5.41) is 14.4. The van der Waals surface area contributed by atoms with E-state index in [1.165, 1.54) is 0 Å². The highest BCUT2D eigenvalue weighted by atomic mass is 16.4. The average molecular weight is 258 g/mol. The van der Waals surface area contributed by atoms with E-state index in [2.05, 4.69) is 31.4 Å². The fourth-order valence-corrected chi connectivity index (χ4v) is 1.18. The first-order chi connectivity index (χ1) is 8.23. The van der Waals surface area contributed by atoms with E-state index in [9.17, 15) is 9.59 Å². The van der Waals surface area contributed by atoms with Crippen LogP contribution in [-0.2, 0) is 4.79 Å². The third-order valence-electron chi connectivity index (χ3n) is 3.66. The zero-order chi connectivity index (χ0) is 14.3. The Hall–Kier alpha value is -1.26. The van der Waals surface area contributed by atoms with Crippen molar-refractivity contribution in [2.45, 2.75) is 41.0 Å². The highest BCUT2D eigenvalue weighted by Crippen LogP contribution is 2.19. The van der Waals surface area contributed by atoms with Crippen LogP contribution in [-0.4, -0.2) is 30.2 Å². The topological polar surface area (TPSA) is 78.4 Å². The van der Waals surface area contributed by atoms with Crippen molar-refractivity contribution in [1.29, 1.82) is 0 Å². The van der Waals surface area contributed by atoms with Gasteiger partial charge in [0.05, 0.1) is 5.41 Å². The van der Waals surface area contributed by atoms with Crippen molar-refractivity contribution in [2.75, 3.05) is 13.1 Å². The average Bonchev–Trinajstić information content (AvgIpc) is 2.32. The molecule has 2 atom stereocenters. The van der Waals surface area contributed by atoms with Crippen LogP contribution in [0.2, 0.25) is 0 Å². The number of hydrogen-bond donors (Lipinski definition) is 3. The molecule has 0 aliphatic rings. The first kappa shape index (κ1) is 16.7. The van der Waals surface area contributed by atoms with E-state index in [4.69, 9.17) is 5.11 Å². The number of carboxylic acids is 1. The number of carbonyl (C=O) groups is 2. The first-order valence-electron chi connectivity index (χ1n) is 6.48. The fourth-order valence-electron chi connectivity index (χ4n) is 1.18. The van der Waals surface area contributed by atoms with E-state index in [0.29, 0.717) is 24.8 Å². The van der Waals surface area contributed by atoms with Gasteiger partial charge >= 0.3 is 12.0 Å². The van der Waals surface area contributed by atoms with Crippen molar-refractivity contribution in [3.63, 3.8) is 0 Å². The molecule has 0 aromatic rings. The fraction of sp³-hybridized carbons (Fsp3) is 0.846. The van der Waals surface area contributed by atoms with Crippen molar-refractivity contribution in [3.8, 4) is 0 Å². The van der Waals surface area contributed by atoms with E-state index in [1.54, 1.807) is 13.8 Å². The number of urea groups is 1. The molecule has 0 heterocycles. The summed E-state index contributed by atoms with van der Waals surface area (Å²) in [4.78, 5) is 22.6. The lowest BCUT2D eigenvalue weighted by Gasteiger charge is -2.23. The number of carbonyl (C=O) groups excluding carboxylic acids is 1. The maximum atomic E-state index is 11.5. The van der Waals surface area contributed by atoms with Crippen LogP contribution in [0.1, 0.15) is 41.0 Å². The van der Waals surface area contributed by atoms with E-state index >= 15 is 0 Å². The van der Waals surface area contributed by atoms with Gasteiger partial charge in [-0.2, -0.15) is 0 Å². The molecule has 0 aliphatic carbocycles. The molecule has 0 aromatic heterocycles. The SMILES string of the molecule is CCC(C)(CNC(=O)NCC(C)C(C)C)C(=O)O. The van der Waals surface area contributed by atoms with Crippen LogP contribution in [0, 0.1) is 17.3 Å². The normalized spacial score (nSPS) is 15.9. The van der Waals surface area contributed by atoms with Gasteiger partial charge in [0.1, 0.15) is 0 Å². The van der Waals surface area contributed by atoms with Gasteiger partial charge in [-0.25, -0.2) is 4.79 Å². The lowest BCUT2D eigenvalue weighted by molar-refractivity contribution is -0.147. The Kier molecular flexibility index (Phi) is 6.73. The molecule has 3 N–H and O–H groups in total. The molecule has 106 valence electrons. The molecule has 0 fully saturated rings. The maximum Gasteiger partial charge on any atom is 0.314 e. The van der Waals surface area contributed by atoms with Crippen LogP contribution in [0.5, 0.6) is 0 Å². The molecular weight excluding hydrogens is 232 g/mol. The Balaban J connectivity index is 4.07. The Bertz CT molecular complexity index is 292. The van der Waals surface area contributed by atoms with E-state index < -0.39 is 11.4 Å². The highest BCUT2D eigenvalue weighted by Gasteiger charge is 2.31. The standard InChI is InChI=1S/C13H26N2O3/c1-6-13(5,11(16)17)8-15-12(18)14-7-10(4)9(2)3/h9-10H,6-8H2,1-5H3,(H,16,17)(H2,14,15,18). The van der Waals surface area contributed by atoms with E-state index in [-0.39, 0.29) is 12.6 Å². The number of nitrogens with one attached hydrogen (secondary N) is 2. The van der Waals surface area contributed by atoms with Crippen molar-refractivity contribution in [2.24, 2.45) is 17.3 Å². The van der Waals surface area contributed by atoms with Crippen LogP contribution in [0.4, 0.5) is 4.79 Å². The maximum absolute atomic E-state index is 11.5. The van der Waals surface area contributed by atoms with Gasteiger partial charge in [0.15, 0.2) is 0 Å². The molecule has 5 nitrogen and oxygen atoms in total. The lowest BCUT2D eigenvalue weighted by atomic mass is 9.88. The van der Waals surface area contributed by atoms with Gasteiger partial charge in [-0.15, -0.1) is 0 Å². The Labute approximate surface area is 109 Å². The molecule has 18 heavy (non-hydrogen) atoms. The minimum absolute atomic E-state index is 0.140. The van der Waals surface area contributed by atoms with Crippen LogP contribution in [0.25, 0.3) is 0 Å². The molecule has 0 saturated carbocycles. The summed E-state index contributed by atoms with van der Waals surface area (Å²) in [6.45, 7) is 10.4. The Morgan fingerprint density at radius 3 is 2.17 bits per heavy atom. The number of rotatable bonds is 7. The quantitative estimate of drug-likeness (QED) is 0.654. The smallest absolute Gasteiger partial charge is 0.314 e. The molecule has 0 aliphatic heterocycles. The Morgan fingerprint density at radius 2 is 1.78 bits per heavy atom. The van der Waals surface area contributed by atoms with Crippen LogP contribution < -0.4 is 10.6 Å². The zero-order valence-corrected chi connectivity index (χ0v) is 12.0.